The molecule has 0 unspecified atom stereocenters. The molecule has 0 aliphatic rings. The number of para-hydroxylation sites is 2. The second-order valence-electron chi connectivity index (χ2n) is 6.45. The summed E-state index contributed by atoms with van der Waals surface area (Å²) in [5.74, 6) is 0. The van der Waals surface area contributed by atoms with E-state index in [-0.39, 0.29) is 38.0 Å². The molecule has 0 amide bonds. The fraction of sp³-hybridized carbons (Fsp3) is 0.111. The molecule has 0 heterocycles. The Kier molecular flexibility index (Phi) is 46.8. The predicted molar refractivity (Wildman–Crippen MR) is 205 cm³/mol. The Bertz CT molecular complexity index is 1260. The van der Waals surface area contributed by atoms with Gasteiger partial charge >= 0.3 is 47.1 Å². The molecule has 0 radical (unpaired) electrons. The van der Waals surface area contributed by atoms with Crippen LogP contribution in [0, 0.1) is 20.2 Å². The van der Waals surface area contributed by atoms with Crippen molar-refractivity contribution in [3.63, 3.8) is 0 Å². The molecule has 4 aromatic carbocycles. The number of nitrogens with zero attached hydrogens (tertiary/aromatic N) is 2. The number of anilines is 1. The Hall–Kier alpha value is -1.01. The van der Waals surface area contributed by atoms with E-state index in [1.54, 1.807) is 42.5 Å². The van der Waals surface area contributed by atoms with Gasteiger partial charge in [-0.25, -0.2) is 0 Å². The Morgan fingerprint density at radius 1 is 0.574 bits per heavy atom. The van der Waals surface area contributed by atoms with Crippen molar-refractivity contribution in [2.45, 2.75) is 22.3 Å². The smallest absolute Gasteiger partial charge is 0.0623 e. The number of nitro groups is 1. The maximum absolute atomic E-state index is 10.3. The van der Waals surface area contributed by atoms with E-state index in [1.807, 2.05) is 42.5 Å². The van der Waals surface area contributed by atoms with Gasteiger partial charge in [0, 0.05) is 31.8 Å². The number of nitro benzene ring substituents is 1. The molecule has 0 spiro atoms. The zero-order chi connectivity index (χ0) is 34.7. The van der Waals surface area contributed by atoms with Gasteiger partial charge in [0.05, 0.1) is 20.7 Å². The van der Waals surface area contributed by atoms with Crippen LogP contribution in [-0.2, 0) is 11.2 Å². The maximum atomic E-state index is 10.3. The standard InChI is InChI=1S/C6H3Cl2NO2.C6H5Cl2N.C6H4Cl2.C6H6.3CH4.Cl2.3ClH.Fe.HNO3/c7-4-2-1-3-5(8)6(4)9(10)11;7-4-2-1-3-5(8)6(4)9;7-5-2-1-3-6(8)4-5;1-2-4-6-5-3-1;;;;1-2;;;;;2-1(3)4/h1-3H;1-3H,9H2;1-4H;1-6H;3*1H4;;3*1H;;(H,2,3,4)/q;;;;;;;;;;;+3;/p-3. The van der Waals surface area contributed by atoms with Gasteiger partial charge in [-0.15, -0.1) is 10.1 Å². The van der Waals surface area contributed by atoms with E-state index in [1.165, 1.54) is 12.1 Å². The SMILES string of the molecule is C.C.C.ClCl.Clc1cccc(Cl)c1.Nc1c(Cl)cccc1Cl.O=[N+]([O-])O.O=[N+]([O-])c1c(Cl)cccc1Cl.[Cl][Fe]([Cl])[Cl].c1ccccc1. The summed E-state index contributed by atoms with van der Waals surface area (Å²) < 4.78 is 0. The summed E-state index contributed by atoms with van der Waals surface area (Å²) in [6.07, 6.45) is 0. The molecule has 0 bridgehead atoms. The van der Waals surface area contributed by atoms with Crippen LogP contribution in [0.2, 0.25) is 30.1 Å². The zero-order valence-corrected chi connectivity index (χ0v) is 30.7. The molecule has 0 aliphatic heterocycles. The summed E-state index contributed by atoms with van der Waals surface area (Å²) in [4.78, 5) is 18.0. The van der Waals surface area contributed by atoms with Gasteiger partial charge in [-0.1, -0.05) is 146 Å². The van der Waals surface area contributed by atoms with Gasteiger partial charge in [0.1, 0.15) is 10.0 Å². The molecule has 0 fully saturated rings. The maximum Gasteiger partial charge on any atom is -0.0623 e. The average molecular weight is 923 g/mol. The van der Waals surface area contributed by atoms with E-state index in [4.69, 9.17) is 121 Å². The van der Waals surface area contributed by atoms with E-state index in [9.17, 15) is 10.1 Å². The van der Waals surface area contributed by atoms with E-state index >= 15 is 0 Å². The first-order valence-electron chi connectivity index (χ1n) is 10.4. The second-order valence-corrected chi connectivity index (χ2v) is 14.4. The first kappa shape index (κ1) is 58.2. The van der Waals surface area contributed by atoms with Crippen LogP contribution in [0.4, 0.5) is 11.4 Å². The number of nitrogens with two attached hydrogens (primary N) is 1. The third-order valence-electron chi connectivity index (χ3n) is 3.57. The Morgan fingerprint density at radius 2 is 0.809 bits per heavy atom. The van der Waals surface area contributed by atoms with Crippen molar-refractivity contribution in [2.24, 2.45) is 0 Å². The summed E-state index contributed by atoms with van der Waals surface area (Å²) in [6, 6.07) is 28.6. The minimum Gasteiger partial charge on any atom is -0.0623 e. The molecule has 47 heavy (non-hydrogen) atoms. The topological polar surface area (TPSA) is 133 Å². The molecule has 8 nitrogen and oxygen atoms in total. The van der Waals surface area contributed by atoms with Crippen molar-refractivity contribution < 1.29 is 26.4 Å². The van der Waals surface area contributed by atoms with Crippen LogP contribution in [-0.4, -0.2) is 15.2 Å². The van der Waals surface area contributed by atoms with Crippen molar-refractivity contribution in [1.29, 1.82) is 0 Å². The average Bonchev–Trinajstić information content (AvgIpc) is 2.94. The molecular weight excluding hydrogens is 892 g/mol. The molecule has 4 rings (SSSR count). The van der Waals surface area contributed by atoms with Gasteiger partial charge in [0.15, 0.2) is 0 Å². The van der Waals surface area contributed by atoms with Crippen LogP contribution in [0.25, 0.3) is 0 Å². The minimum absolute atomic E-state index is 0. The summed E-state index contributed by atoms with van der Waals surface area (Å²) in [7, 11) is 22.9. The number of rotatable bonds is 1. The third-order valence-corrected chi connectivity index (χ3v) is 5.31. The summed E-state index contributed by atoms with van der Waals surface area (Å²) in [5.41, 5.74) is 5.62. The molecule has 0 saturated heterocycles. The van der Waals surface area contributed by atoms with Gasteiger partial charge in [0.2, 0.25) is 0 Å². The van der Waals surface area contributed by atoms with Crippen LogP contribution in [0.15, 0.2) is 97.1 Å². The molecule has 0 saturated carbocycles. The summed E-state index contributed by atoms with van der Waals surface area (Å²) >= 11 is 32.0. The molecule has 4 aromatic rings. The number of nitrogen functional groups attached to an aromatic ring is 1. The summed E-state index contributed by atoms with van der Waals surface area (Å²) in [6.45, 7) is 0. The first-order valence-corrected chi connectivity index (χ1v) is 18.4. The van der Waals surface area contributed by atoms with Gasteiger partial charge in [-0.05, 0) is 42.5 Å². The minimum atomic E-state index is -1.50. The van der Waals surface area contributed by atoms with Crippen LogP contribution in [0.5, 0.6) is 0 Å². The van der Waals surface area contributed by atoms with Crippen molar-refractivity contribution in [3.05, 3.63) is 147 Å². The van der Waals surface area contributed by atoms with Crippen LogP contribution in [0.1, 0.15) is 22.3 Å². The Morgan fingerprint density at radius 3 is 0.979 bits per heavy atom. The van der Waals surface area contributed by atoms with E-state index < -0.39 is 21.2 Å². The second kappa shape index (κ2) is 37.8. The molecular formula is C27H31Cl11FeN3O5. The van der Waals surface area contributed by atoms with Crippen molar-refractivity contribution in [3.8, 4) is 0 Å². The zero-order valence-electron chi connectivity index (χ0n) is 21.3. The Balaban J connectivity index is -0.000000108. The number of hydrogen-bond acceptors (Lipinski definition) is 5. The van der Waals surface area contributed by atoms with Crippen molar-refractivity contribution in [2.75, 3.05) is 5.73 Å². The molecule has 20 heteroatoms. The monoisotopic (exact) mass is 918 g/mol. The number of benzene rings is 4. The van der Waals surface area contributed by atoms with Crippen molar-refractivity contribution >= 4 is 133 Å². The van der Waals surface area contributed by atoms with E-state index in [0.29, 0.717) is 25.8 Å². The van der Waals surface area contributed by atoms with Gasteiger partial charge in [0.25, 0.3) is 5.09 Å². The number of hydrogen-bond donors (Lipinski definition) is 2. The predicted octanol–water partition coefficient (Wildman–Crippen LogP) is 15.2. The Labute approximate surface area is 331 Å². The molecule has 0 aliphatic carbocycles. The van der Waals surface area contributed by atoms with Crippen LogP contribution >= 0.6 is 122 Å². The molecule has 269 valence electrons. The van der Waals surface area contributed by atoms with Gasteiger partial charge < -0.3 is 10.9 Å². The van der Waals surface area contributed by atoms with E-state index in [2.05, 4.69) is 21.7 Å². The first-order chi connectivity index (χ1) is 20.6. The quantitative estimate of drug-likeness (QED) is 0.0845. The molecule has 0 aromatic heterocycles. The fourth-order valence-electron chi connectivity index (χ4n) is 2.02. The largest absolute Gasteiger partial charge is 0.0623 e. The normalized spacial score (nSPS) is 8.28. The van der Waals surface area contributed by atoms with Gasteiger partial charge in [-0.2, -0.15) is 0 Å². The summed E-state index contributed by atoms with van der Waals surface area (Å²) in [5, 5.41) is 26.4. The molecule has 3 N–H and O–H groups in total. The van der Waals surface area contributed by atoms with E-state index in [0.717, 1.165) is 0 Å². The van der Waals surface area contributed by atoms with Gasteiger partial charge in [-0.3, -0.25) is 10.1 Å². The third kappa shape index (κ3) is 37.7. The van der Waals surface area contributed by atoms with Crippen molar-refractivity contribution in [1.82, 2.24) is 0 Å². The van der Waals surface area contributed by atoms with Crippen LogP contribution < -0.4 is 5.73 Å². The van der Waals surface area contributed by atoms with Crippen LogP contribution in [0.3, 0.4) is 0 Å². The fourth-order valence-corrected chi connectivity index (χ4v) is 3.39. The number of halogens is 11. The molecule has 0 atom stereocenters.